The number of aryl methyl sites for hydroxylation is 2. The van der Waals surface area contributed by atoms with Gasteiger partial charge in [-0.25, -0.2) is 4.98 Å². The number of imidazole rings is 1. The van der Waals surface area contributed by atoms with Crippen LogP contribution in [0.5, 0.6) is 0 Å². The zero-order chi connectivity index (χ0) is 21.5. The highest BCUT2D eigenvalue weighted by atomic mass is 16.2. The molecule has 5 heteroatoms. The minimum Gasteiger partial charge on any atom is -0.348 e. The van der Waals surface area contributed by atoms with Crippen molar-refractivity contribution in [1.29, 1.82) is 0 Å². The molecule has 0 aliphatic carbocycles. The van der Waals surface area contributed by atoms with Crippen LogP contribution in [-0.2, 0) is 19.4 Å². The van der Waals surface area contributed by atoms with Crippen molar-refractivity contribution in [2.45, 2.75) is 78.3 Å². The first-order valence-electron chi connectivity index (χ1n) is 11.7. The number of aromatic nitrogens is 2. The summed E-state index contributed by atoms with van der Waals surface area (Å²) in [6.07, 6.45) is 7.12. The molecule has 1 aliphatic heterocycles. The van der Waals surface area contributed by atoms with Crippen LogP contribution in [-0.4, -0.2) is 46.0 Å². The normalized spacial score (nSPS) is 17.0. The first kappa shape index (κ1) is 22.5. The zero-order valence-corrected chi connectivity index (χ0v) is 19.2. The average molecular weight is 411 g/mol. The van der Waals surface area contributed by atoms with Gasteiger partial charge < -0.3 is 14.8 Å². The molecule has 1 aromatic heterocycles. The summed E-state index contributed by atoms with van der Waals surface area (Å²) in [5, 5.41) is 3.14. The number of fused-ring (bicyclic) bond motifs is 1. The molecule has 1 aromatic carbocycles. The molecule has 1 amide bonds. The molecule has 2 atom stereocenters. The summed E-state index contributed by atoms with van der Waals surface area (Å²) in [6.45, 7) is 12.8. The molecule has 2 heterocycles. The smallest absolute Gasteiger partial charge is 0.271 e. The highest BCUT2D eigenvalue weighted by Gasteiger charge is 2.24. The van der Waals surface area contributed by atoms with E-state index in [2.05, 4.69) is 71.7 Å². The summed E-state index contributed by atoms with van der Waals surface area (Å²) in [7, 11) is 0. The first-order chi connectivity index (χ1) is 14.5. The summed E-state index contributed by atoms with van der Waals surface area (Å²) in [5.41, 5.74) is 3.32. The molecule has 30 heavy (non-hydrogen) atoms. The highest BCUT2D eigenvalue weighted by Crippen LogP contribution is 2.29. The van der Waals surface area contributed by atoms with Gasteiger partial charge in [-0.05, 0) is 63.4 Å². The molecule has 3 rings (SSSR count). The molecule has 0 bridgehead atoms. The van der Waals surface area contributed by atoms with Gasteiger partial charge >= 0.3 is 0 Å². The van der Waals surface area contributed by atoms with Crippen molar-refractivity contribution in [3.8, 4) is 0 Å². The number of rotatable bonds is 10. The van der Waals surface area contributed by atoms with Crippen molar-refractivity contribution >= 4 is 5.91 Å². The van der Waals surface area contributed by atoms with Crippen LogP contribution in [0.1, 0.15) is 80.3 Å². The van der Waals surface area contributed by atoms with E-state index in [1.54, 1.807) is 0 Å². The maximum absolute atomic E-state index is 12.7. The molecule has 1 aliphatic rings. The lowest BCUT2D eigenvalue weighted by molar-refractivity contribution is 0.0932. The van der Waals surface area contributed by atoms with Crippen molar-refractivity contribution in [3.63, 3.8) is 0 Å². The van der Waals surface area contributed by atoms with Crippen LogP contribution in [0.4, 0.5) is 0 Å². The Bertz CT molecular complexity index is 807. The fourth-order valence-corrected chi connectivity index (χ4v) is 4.38. The zero-order valence-electron chi connectivity index (χ0n) is 19.2. The molecule has 0 fully saturated rings. The monoisotopic (exact) mass is 410 g/mol. The molecule has 0 saturated heterocycles. The molecule has 0 saturated carbocycles. The lowest BCUT2D eigenvalue weighted by Gasteiger charge is -2.24. The molecule has 2 aromatic rings. The number of amides is 1. The van der Waals surface area contributed by atoms with Crippen molar-refractivity contribution < 1.29 is 4.79 Å². The molecular formula is C25H38N4O. The molecule has 5 nitrogen and oxygen atoms in total. The van der Waals surface area contributed by atoms with E-state index in [-0.39, 0.29) is 11.9 Å². The highest BCUT2D eigenvalue weighted by molar-refractivity contribution is 5.92. The van der Waals surface area contributed by atoms with Gasteiger partial charge in [-0.2, -0.15) is 0 Å². The maximum atomic E-state index is 12.7. The van der Waals surface area contributed by atoms with Crippen molar-refractivity contribution in [3.05, 3.63) is 53.1 Å². The van der Waals surface area contributed by atoms with Crippen molar-refractivity contribution in [2.24, 2.45) is 0 Å². The number of nitrogens with one attached hydrogen (secondary N) is 1. The Morgan fingerprint density at radius 1 is 1.23 bits per heavy atom. The van der Waals surface area contributed by atoms with E-state index >= 15 is 0 Å². The summed E-state index contributed by atoms with van der Waals surface area (Å²) >= 11 is 0. The molecule has 1 N–H and O–H groups in total. The van der Waals surface area contributed by atoms with Gasteiger partial charge in [-0.1, -0.05) is 45.0 Å². The quantitative estimate of drug-likeness (QED) is 0.631. The third kappa shape index (κ3) is 5.72. The first-order valence-corrected chi connectivity index (χ1v) is 11.7. The van der Waals surface area contributed by atoms with E-state index in [0.717, 1.165) is 64.1 Å². The fourth-order valence-electron chi connectivity index (χ4n) is 4.38. The van der Waals surface area contributed by atoms with Gasteiger partial charge in [0.15, 0.2) is 0 Å². The predicted molar refractivity (Wildman–Crippen MR) is 123 cm³/mol. The molecule has 0 radical (unpaired) electrons. The minimum atomic E-state index is -0.0453. The Morgan fingerprint density at radius 2 is 1.97 bits per heavy atom. The van der Waals surface area contributed by atoms with E-state index in [0.29, 0.717) is 11.6 Å². The van der Waals surface area contributed by atoms with Crippen LogP contribution >= 0.6 is 0 Å². The fraction of sp³-hybridized carbons (Fsp3) is 0.600. The summed E-state index contributed by atoms with van der Waals surface area (Å²) in [5.74, 6) is 1.49. The van der Waals surface area contributed by atoms with Crippen LogP contribution in [0, 0.1) is 0 Å². The number of hydrogen-bond donors (Lipinski definition) is 1. The third-order valence-electron chi connectivity index (χ3n) is 6.47. The second-order valence-corrected chi connectivity index (χ2v) is 8.57. The van der Waals surface area contributed by atoms with Gasteiger partial charge in [-0.3, -0.25) is 4.79 Å². The van der Waals surface area contributed by atoms with E-state index in [1.807, 2.05) is 6.20 Å². The van der Waals surface area contributed by atoms with E-state index in [4.69, 9.17) is 0 Å². The Labute approximate surface area is 181 Å². The molecule has 164 valence electrons. The number of carbonyl (C=O) groups is 1. The molecular weight excluding hydrogens is 372 g/mol. The average Bonchev–Trinajstić information content (AvgIpc) is 3.20. The lowest BCUT2D eigenvalue weighted by atomic mass is 9.91. The van der Waals surface area contributed by atoms with Crippen LogP contribution in [0.15, 0.2) is 30.5 Å². The number of hydrogen-bond acceptors (Lipinski definition) is 3. The van der Waals surface area contributed by atoms with E-state index in [1.165, 1.54) is 11.1 Å². The van der Waals surface area contributed by atoms with Gasteiger partial charge in [0.2, 0.25) is 0 Å². The second-order valence-electron chi connectivity index (χ2n) is 8.57. The maximum Gasteiger partial charge on any atom is 0.271 e. The topological polar surface area (TPSA) is 50.2 Å². The summed E-state index contributed by atoms with van der Waals surface area (Å²) in [6, 6.07) is 9.16. The largest absolute Gasteiger partial charge is 0.348 e. The van der Waals surface area contributed by atoms with Crippen LogP contribution < -0.4 is 5.32 Å². The Hall–Kier alpha value is -2.14. The van der Waals surface area contributed by atoms with Crippen LogP contribution in [0.3, 0.4) is 0 Å². The van der Waals surface area contributed by atoms with Crippen LogP contribution in [0.25, 0.3) is 0 Å². The number of benzene rings is 1. The van der Waals surface area contributed by atoms with Crippen molar-refractivity contribution in [1.82, 2.24) is 19.8 Å². The lowest BCUT2D eigenvalue weighted by Crippen LogP contribution is -2.34. The van der Waals surface area contributed by atoms with Gasteiger partial charge in [0.1, 0.15) is 11.5 Å². The Morgan fingerprint density at radius 3 is 2.63 bits per heavy atom. The van der Waals surface area contributed by atoms with Gasteiger partial charge in [0, 0.05) is 31.1 Å². The van der Waals surface area contributed by atoms with Crippen LogP contribution in [0.2, 0.25) is 0 Å². The van der Waals surface area contributed by atoms with E-state index < -0.39 is 0 Å². The molecule has 0 unspecified atom stereocenters. The molecule has 0 spiro atoms. The van der Waals surface area contributed by atoms with Gasteiger partial charge in [-0.15, -0.1) is 0 Å². The Balaban J connectivity index is 1.54. The second kappa shape index (κ2) is 10.8. The summed E-state index contributed by atoms with van der Waals surface area (Å²) < 4.78 is 2.18. The number of carbonyl (C=O) groups excluding carboxylic acids is 1. The van der Waals surface area contributed by atoms with Gasteiger partial charge in [0.05, 0.1) is 0 Å². The minimum absolute atomic E-state index is 0.0453. The van der Waals surface area contributed by atoms with Crippen molar-refractivity contribution in [2.75, 3.05) is 19.6 Å². The third-order valence-corrected chi connectivity index (χ3v) is 6.47. The SMILES string of the molecule is CCc1ccc([C@@H]2CCc3nc(C(=O)N[C@@H](C)CCCN(CC)CC)cn3C2)cc1. The van der Waals surface area contributed by atoms with E-state index in [9.17, 15) is 4.79 Å². The standard InChI is InChI=1S/C25H38N4O/c1-5-20-10-12-21(13-11-20)22-14-15-24-27-23(18-29(24)17-22)25(30)26-19(4)9-8-16-28(6-2)7-3/h10-13,18-19,22H,5-9,14-17H2,1-4H3,(H,26,30)/t19-,22+/m0/s1. The summed E-state index contributed by atoms with van der Waals surface area (Å²) in [4.78, 5) is 19.8. The van der Waals surface area contributed by atoms with Gasteiger partial charge in [0.25, 0.3) is 5.91 Å². The predicted octanol–water partition coefficient (Wildman–Crippen LogP) is 4.42. The Kier molecular flexibility index (Phi) is 8.08. The number of nitrogens with zero attached hydrogens (tertiary/aromatic N) is 3.